The first-order chi connectivity index (χ1) is 6.40. The van der Waals surface area contributed by atoms with E-state index in [0.717, 1.165) is 6.07 Å². The fraction of sp³-hybridized carbons (Fsp3) is 0.286. The van der Waals surface area contributed by atoms with Crippen molar-refractivity contribution in [3.63, 3.8) is 0 Å². The van der Waals surface area contributed by atoms with Crippen LogP contribution in [0.15, 0.2) is 16.9 Å². The third-order valence-corrected chi connectivity index (χ3v) is 1.27. The van der Waals surface area contributed by atoms with Crippen molar-refractivity contribution in [2.24, 2.45) is 0 Å². The Kier molecular flexibility index (Phi) is 2.80. The topological polar surface area (TPSA) is 62.3 Å². The Labute approximate surface area is 75.9 Å². The molecule has 1 aromatic rings. The molecule has 0 bridgehead atoms. The van der Waals surface area contributed by atoms with Gasteiger partial charge in [0.2, 0.25) is 5.88 Å². The summed E-state index contributed by atoms with van der Waals surface area (Å²) in [5.74, 6) is -0.742. The summed E-state index contributed by atoms with van der Waals surface area (Å²) >= 11 is 0. The molecule has 0 atom stereocenters. The molecule has 0 radical (unpaired) electrons. The Morgan fingerprint density at radius 3 is 2.57 bits per heavy atom. The molecule has 0 aliphatic heterocycles. The van der Waals surface area contributed by atoms with Gasteiger partial charge in [0, 0.05) is 17.8 Å². The van der Waals surface area contributed by atoms with Gasteiger partial charge in [-0.2, -0.15) is 0 Å². The fourth-order valence-corrected chi connectivity index (χ4v) is 0.838. The number of aliphatic hydroxyl groups excluding tert-OH is 1. The zero-order chi connectivity index (χ0) is 10.8. The summed E-state index contributed by atoms with van der Waals surface area (Å²) in [6.07, 6.45) is -4.86. The molecule has 0 aliphatic carbocycles. The Morgan fingerprint density at radius 2 is 2.07 bits per heavy atom. The molecule has 0 saturated carbocycles. The van der Waals surface area contributed by atoms with Crippen molar-refractivity contribution in [2.75, 3.05) is 0 Å². The van der Waals surface area contributed by atoms with E-state index in [-0.39, 0.29) is 5.69 Å². The summed E-state index contributed by atoms with van der Waals surface area (Å²) in [5.41, 5.74) is -0.719. The summed E-state index contributed by atoms with van der Waals surface area (Å²) in [4.78, 5) is 12.9. The number of nitrogens with one attached hydrogen (secondary N) is 1. The minimum absolute atomic E-state index is 0.0447. The van der Waals surface area contributed by atoms with Gasteiger partial charge in [0.1, 0.15) is 0 Å². The van der Waals surface area contributed by atoms with Gasteiger partial charge in [-0.3, -0.25) is 4.79 Å². The van der Waals surface area contributed by atoms with Gasteiger partial charge in [-0.05, 0) is 0 Å². The van der Waals surface area contributed by atoms with E-state index in [0.29, 0.717) is 6.07 Å². The maximum atomic E-state index is 11.7. The van der Waals surface area contributed by atoms with Crippen LogP contribution in [0.4, 0.5) is 13.2 Å². The van der Waals surface area contributed by atoms with Gasteiger partial charge >= 0.3 is 6.36 Å². The fourth-order valence-electron chi connectivity index (χ4n) is 0.838. The van der Waals surface area contributed by atoms with Crippen LogP contribution in [0.5, 0.6) is 5.88 Å². The molecule has 1 rings (SSSR count). The number of halogens is 3. The largest absolute Gasteiger partial charge is 0.574 e. The third-order valence-electron chi connectivity index (χ3n) is 1.27. The number of ether oxygens (including phenoxy) is 1. The summed E-state index contributed by atoms with van der Waals surface area (Å²) < 4.78 is 38.6. The van der Waals surface area contributed by atoms with Crippen molar-refractivity contribution in [3.8, 4) is 5.88 Å². The van der Waals surface area contributed by atoms with E-state index in [4.69, 9.17) is 5.11 Å². The van der Waals surface area contributed by atoms with Crippen LogP contribution in [-0.2, 0) is 6.61 Å². The van der Waals surface area contributed by atoms with Crippen LogP contribution in [0.25, 0.3) is 0 Å². The molecule has 4 nitrogen and oxygen atoms in total. The van der Waals surface area contributed by atoms with Crippen molar-refractivity contribution in [3.05, 3.63) is 28.0 Å². The van der Waals surface area contributed by atoms with Gasteiger partial charge in [-0.25, -0.2) is 0 Å². The van der Waals surface area contributed by atoms with Crippen molar-refractivity contribution in [1.29, 1.82) is 0 Å². The SMILES string of the molecule is O=c1cc(CO)[nH]c(OC(F)(F)F)c1. The predicted octanol–water partition coefficient (Wildman–Crippen LogP) is 0.766. The summed E-state index contributed by atoms with van der Waals surface area (Å²) in [7, 11) is 0. The molecule has 1 aromatic heterocycles. The number of aromatic amines is 1. The summed E-state index contributed by atoms with van der Waals surface area (Å²) in [5, 5.41) is 8.58. The van der Waals surface area contributed by atoms with Crippen molar-refractivity contribution >= 4 is 0 Å². The van der Waals surface area contributed by atoms with Crippen LogP contribution in [0.2, 0.25) is 0 Å². The predicted molar refractivity (Wildman–Crippen MR) is 39.7 cm³/mol. The molecule has 0 amide bonds. The Hall–Kier alpha value is -1.50. The van der Waals surface area contributed by atoms with Gasteiger partial charge in [0.05, 0.1) is 6.61 Å². The number of pyridine rings is 1. The molecule has 7 heteroatoms. The molecule has 0 saturated heterocycles. The first-order valence-electron chi connectivity index (χ1n) is 3.50. The van der Waals surface area contributed by atoms with E-state index < -0.39 is 24.3 Å². The second-order valence-corrected chi connectivity index (χ2v) is 2.41. The minimum atomic E-state index is -4.86. The molecule has 1 heterocycles. The van der Waals surface area contributed by atoms with Gasteiger partial charge < -0.3 is 14.8 Å². The molecule has 0 aromatic carbocycles. The quantitative estimate of drug-likeness (QED) is 0.756. The van der Waals surface area contributed by atoms with E-state index >= 15 is 0 Å². The highest BCUT2D eigenvalue weighted by Crippen LogP contribution is 2.19. The van der Waals surface area contributed by atoms with E-state index in [2.05, 4.69) is 9.72 Å². The zero-order valence-corrected chi connectivity index (χ0v) is 6.76. The molecule has 0 fully saturated rings. The third kappa shape index (κ3) is 3.09. The van der Waals surface area contributed by atoms with Gasteiger partial charge in [0.25, 0.3) is 0 Å². The van der Waals surface area contributed by atoms with E-state index in [9.17, 15) is 18.0 Å². The van der Waals surface area contributed by atoms with E-state index in [1.807, 2.05) is 0 Å². The maximum absolute atomic E-state index is 11.7. The smallest absolute Gasteiger partial charge is 0.390 e. The highest BCUT2D eigenvalue weighted by atomic mass is 19.4. The van der Waals surface area contributed by atoms with Gasteiger partial charge in [-0.15, -0.1) is 13.2 Å². The number of rotatable bonds is 2. The summed E-state index contributed by atoms with van der Waals surface area (Å²) in [6.45, 7) is -0.565. The standard InChI is InChI=1S/C7H6F3NO3/c8-7(9,10)14-6-2-5(13)1-4(3-12)11-6/h1-2,12H,3H2,(H,11,13). The highest BCUT2D eigenvalue weighted by Gasteiger charge is 2.31. The number of aromatic nitrogens is 1. The Balaban J connectivity index is 2.98. The maximum Gasteiger partial charge on any atom is 0.574 e. The van der Waals surface area contributed by atoms with Crippen LogP contribution in [0.3, 0.4) is 0 Å². The molecule has 0 unspecified atom stereocenters. The molecule has 78 valence electrons. The average Bonchev–Trinajstić information content (AvgIpc) is 1.99. The first-order valence-corrected chi connectivity index (χ1v) is 3.50. The lowest BCUT2D eigenvalue weighted by Crippen LogP contribution is -2.19. The monoisotopic (exact) mass is 209 g/mol. The minimum Gasteiger partial charge on any atom is -0.390 e. The lowest BCUT2D eigenvalue weighted by atomic mass is 10.3. The lowest BCUT2D eigenvalue weighted by molar-refractivity contribution is -0.276. The number of aliphatic hydroxyl groups is 1. The highest BCUT2D eigenvalue weighted by molar-refractivity contribution is 5.15. The van der Waals surface area contributed by atoms with Crippen molar-refractivity contribution in [2.45, 2.75) is 13.0 Å². The van der Waals surface area contributed by atoms with Gasteiger partial charge in [0.15, 0.2) is 5.43 Å². The number of hydrogen-bond donors (Lipinski definition) is 2. The number of hydrogen-bond acceptors (Lipinski definition) is 3. The van der Waals surface area contributed by atoms with Crippen LogP contribution < -0.4 is 10.2 Å². The van der Waals surface area contributed by atoms with Crippen molar-refractivity contribution in [1.82, 2.24) is 4.98 Å². The average molecular weight is 209 g/mol. The van der Waals surface area contributed by atoms with Crippen molar-refractivity contribution < 1.29 is 23.0 Å². The molecule has 14 heavy (non-hydrogen) atoms. The molecular weight excluding hydrogens is 203 g/mol. The normalized spacial score (nSPS) is 11.4. The summed E-state index contributed by atoms with van der Waals surface area (Å²) in [6, 6.07) is 1.62. The molecule has 0 aliphatic rings. The Morgan fingerprint density at radius 1 is 1.43 bits per heavy atom. The van der Waals surface area contributed by atoms with Gasteiger partial charge in [-0.1, -0.05) is 0 Å². The van der Waals surface area contributed by atoms with Crippen LogP contribution in [-0.4, -0.2) is 16.5 Å². The number of alkyl halides is 3. The van der Waals surface area contributed by atoms with Crippen LogP contribution >= 0.6 is 0 Å². The Bertz CT molecular complexity index is 371. The zero-order valence-electron chi connectivity index (χ0n) is 6.76. The second kappa shape index (κ2) is 3.70. The first kappa shape index (κ1) is 10.6. The van der Waals surface area contributed by atoms with E-state index in [1.165, 1.54) is 0 Å². The second-order valence-electron chi connectivity index (χ2n) is 2.41. The van der Waals surface area contributed by atoms with Crippen LogP contribution in [0, 0.1) is 0 Å². The van der Waals surface area contributed by atoms with E-state index in [1.54, 1.807) is 0 Å². The number of H-pyrrole nitrogens is 1. The molecular formula is C7H6F3NO3. The molecule has 0 spiro atoms. The van der Waals surface area contributed by atoms with Crippen LogP contribution in [0.1, 0.15) is 5.69 Å². The lowest BCUT2D eigenvalue weighted by Gasteiger charge is -2.08. The molecule has 2 N–H and O–H groups in total.